The number of hydrazone groups is 1. The number of hydrazine groups is 2. The van der Waals surface area contributed by atoms with Crippen LogP contribution >= 0.6 is 23.3 Å². The molecule has 128 valence electrons. The molecule has 0 atom stereocenters. The van der Waals surface area contributed by atoms with E-state index in [0.717, 1.165) is 15.6 Å². The molecule has 2 aromatic rings. The van der Waals surface area contributed by atoms with Gasteiger partial charge in [-0.1, -0.05) is 19.4 Å². The minimum Gasteiger partial charge on any atom is -0.365 e. The summed E-state index contributed by atoms with van der Waals surface area (Å²) in [6.07, 6.45) is 0. The summed E-state index contributed by atoms with van der Waals surface area (Å²) < 4.78 is 2.69. The van der Waals surface area contributed by atoms with Crippen molar-refractivity contribution in [1.29, 1.82) is 0 Å². The van der Waals surface area contributed by atoms with Crippen molar-refractivity contribution in [1.82, 2.24) is 15.2 Å². The van der Waals surface area contributed by atoms with Crippen LogP contribution in [0.1, 0.15) is 36.0 Å². The fraction of sp³-hybridized carbons (Fsp3) is 0.333. The highest BCUT2D eigenvalue weighted by Gasteiger charge is 2.26. The monoisotopic (exact) mass is 365 g/mol. The molecule has 0 unspecified atom stereocenters. The topological polar surface area (TPSA) is 83.2 Å². The summed E-state index contributed by atoms with van der Waals surface area (Å²) in [5.41, 5.74) is 9.33. The van der Waals surface area contributed by atoms with Crippen LogP contribution in [0.2, 0.25) is 0 Å². The molecule has 7 nitrogen and oxygen atoms in total. The molecule has 1 aliphatic heterocycles. The number of carbonyl (C=O) groups excluding carboxylic acids is 1. The highest BCUT2D eigenvalue weighted by atomic mass is 32.2. The maximum absolute atomic E-state index is 11.4. The van der Waals surface area contributed by atoms with Crippen molar-refractivity contribution in [2.24, 2.45) is 10.8 Å². The molecule has 0 fully saturated rings. The Morgan fingerprint density at radius 1 is 1.46 bits per heavy atom. The summed E-state index contributed by atoms with van der Waals surface area (Å²) in [6, 6.07) is 7.71. The van der Waals surface area contributed by atoms with Gasteiger partial charge in [0, 0.05) is 15.5 Å². The molecule has 1 aliphatic rings. The van der Waals surface area contributed by atoms with Crippen molar-refractivity contribution >= 4 is 45.1 Å². The van der Waals surface area contributed by atoms with Gasteiger partial charge in [0.15, 0.2) is 0 Å². The average molecular weight is 365 g/mol. The highest BCUT2D eigenvalue weighted by Crippen LogP contribution is 2.28. The third kappa shape index (κ3) is 3.48. The summed E-state index contributed by atoms with van der Waals surface area (Å²) in [5, 5.41) is 7.45. The van der Waals surface area contributed by atoms with E-state index in [2.05, 4.69) is 24.5 Å². The lowest BCUT2D eigenvalue weighted by Crippen LogP contribution is -2.41. The molecule has 1 aromatic heterocycles. The van der Waals surface area contributed by atoms with Crippen LogP contribution in [0.15, 0.2) is 29.4 Å². The van der Waals surface area contributed by atoms with Crippen LogP contribution in [0.4, 0.5) is 0 Å². The number of carbonyl (C=O) groups is 1. The SMILES string of the molecule is CCON1NN(SC(C)C)N=C1c1ccc2sc(C(N)=O)cc2c1. The fourth-order valence-electron chi connectivity index (χ4n) is 2.22. The predicted molar refractivity (Wildman–Crippen MR) is 98.0 cm³/mol. The normalized spacial score (nSPS) is 14.8. The maximum atomic E-state index is 11.4. The van der Waals surface area contributed by atoms with E-state index in [1.165, 1.54) is 11.3 Å². The van der Waals surface area contributed by atoms with Gasteiger partial charge in [-0.05, 0) is 48.5 Å². The zero-order valence-electron chi connectivity index (χ0n) is 13.6. The third-order valence-electron chi connectivity index (χ3n) is 3.14. The van der Waals surface area contributed by atoms with E-state index in [9.17, 15) is 4.79 Å². The van der Waals surface area contributed by atoms with E-state index in [0.29, 0.717) is 22.6 Å². The molecule has 3 N–H and O–H groups in total. The number of hydrogen-bond acceptors (Lipinski definition) is 8. The number of rotatable bonds is 6. The number of benzene rings is 1. The van der Waals surface area contributed by atoms with Crippen molar-refractivity contribution in [3.8, 4) is 0 Å². The molecule has 0 radical (unpaired) electrons. The smallest absolute Gasteiger partial charge is 0.258 e. The van der Waals surface area contributed by atoms with Crippen LogP contribution in [-0.2, 0) is 4.84 Å². The molecule has 1 aromatic carbocycles. The number of nitrogens with one attached hydrogen (secondary N) is 1. The Labute approximate surface area is 148 Å². The number of hydrogen-bond donors (Lipinski definition) is 2. The minimum absolute atomic E-state index is 0.376. The first-order valence-corrected chi connectivity index (χ1v) is 9.22. The van der Waals surface area contributed by atoms with Gasteiger partial charge in [0.05, 0.1) is 11.5 Å². The second kappa shape index (κ2) is 6.98. The lowest BCUT2D eigenvalue weighted by Gasteiger charge is -2.20. The molecule has 0 saturated carbocycles. The minimum atomic E-state index is -0.409. The Kier molecular flexibility index (Phi) is 4.95. The number of fused-ring (bicyclic) bond motifs is 1. The summed E-state index contributed by atoms with van der Waals surface area (Å²) in [6.45, 7) is 6.61. The number of hydroxylamine groups is 1. The van der Waals surface area contributed by atoms with Crippen LogP contribution in [0.5, 0.6) is 0 Å². The van der Waals surface area contributed by atoms with E-state index in [4.69, 9.17) is 10.6 Å². The fourth-order valence-corrected chi connectivity index (χ4v) is 3.76. The third-order valence-corrected chi connectivity index (χ3v) is 5.06. The van der Waals surface area contributed by atoms with Gasteiger partial charge in [0.25, 0.3) is 5.91 Å². The zero-order chi connectivity index (χ0) is 17.3. The standard InChI is InChI=1S/C15H19N5O2S2/c1-4-22-19-15(17-20(18-19)24-9(2)3)10-5-6-12-11(7-10)8-13(23-12)14(16)21/h5-9,18H,4H2,1-3H3,(H2,16,21). The molecule has 1 amide bonds. The second-order valence-corrected chi connectivity index (χ2v) is 7.97. The summed E-state index contributed by atoms with van der Waals surface area (Å²) in [7, 11) is 0. The molecular formula is C15H19N5O2S2. The number of primary amides is 1. The summed E-state index contributed by atoms with van der Waals surface area (Å²) in [5.74, 6) is 0.256. The molecule has 3 rings (SSSR count). The average Bonchev–Trinajstić information content (AvgIpc) is 3.10. The molecule has 0 aliphatic carbocycles. The first-order chi connectivity index (χ1) is 11.5. The van der Waals surface area contributed by atoms with Crippen LogP contribution in [0.25, 0.3) is 10.1 Å². The van der Waals surface area contributed by atoms with E-state index < -0.39 is 5.91 Å². The zero-order valence-corrected chi connectivity index (χ0v) is 15.3. The number of nitrogens with two attached hydrogens (primary N) is 1. The number of nitrogens with zero attached hydrogens (tertiary/aromatic N) is 3. The number of thiophene rings is 1. The Hall–Kier alpha value is -1.81. The molecule has 2 heterocycles. The summed E-state index contributed by atoms with van der Waals surface area (Å²) in [4.78, 5) is 17.5. The largest absolute Gasteiger partial charge is 0.365 e. The van der Waals surface area contributed by atoms with Gasteiger partial charge in [0.2, 0.25) is 5.84 Å². The highest BCUT2D eigenvalue weighted by molar-refractivity contribution is 7.97. The van der Waals surface area contributed by atoms with Gasteiger partial charge >= 0.3 is 0 Å². The summed E-state index contributed by atoms with van der Waals surface area (Å²) >= 11 is 2.94. The maximum Gasteiger partial charge on any atom is 0.258 e. The molecule has 0 saturated heterocycles. The van der Waals surface area contributed by atoms with Crippen LogP contribution in [0, 0.1) is 0 Å². The molecule has 0 bridgehead atoms. The van der Waals surface area contributed by atoms with E-state index in [1.807, 2.05) is 25.1 Å². The van der Waals surface area contributed by atoms with Crippen LogP contribution in [0.3, 0.4) is 0 Å². The van der Waals surface area contributed by atoms with Crippen molar-refractivity contribution < 1.29 is 9.63 Å². The van der Waals surface area contributed by atoms with Gasteiger partial charge in [-0.25, -0.2) is 0 Å². The first-order valence-electron chi connectivity index (χ1n) is 7.56. The van der Waals surface area contributed by atoms with E-state index >= 15 is 0 Å². The Morgan fingerprint density at radius 3 is 2.92 bits per heavy atom. The van der Waals surface area contributed by atoms with Crippen molar-refractivity contribution in [2.75, 3.05) is 6.61 Å². The quantitative estimate of drug-likeness (QED) is 0.766. The second-order valence-electron chi connectivity index (χ2n) is 5.39. The molecule has 9 heteroatoms. The van der Waals surface area contributed by atoms with Gasteiger partial charge in [-0.15, -0.1) is 26.1 Å². The van der Waals surface area contributed by atoms with Crippen molar-refractivity contribution in [3.05, 3.63) is 34.7 Å². The van der Waals surface area contributed by atoms with Crippen LogP contribution in [-0.4, -0.2) is 33.3 Å². The molecule has 24 heavy (non-hydrogen) atoms. The number of amides is 1. The first kappa shape index (κ1) is 17.0. The van der Waals surface area contributed by atoms with Gasteiger partial charge in [-0.2, -0.15) is 0 Å². The van der Waals surface area contributed by atoms with E-state index in [1.54, 1.807) is 27.7 Å². The Balaban J connectivity index is 1.94. The lowest BCUT2D eigenvalue weighted by atomic mass is 10.1. The van der Waals surface area contributed by atoms with Gasteiger partial charge in [0.1, 0.15) is 0 Å². The van der Waals surface area contributed by atoms with Gasteiger partial charge < -0.3 is 5.73 Å². The van der Waals surface area contributed by atoms with Crippen molar-refractivity contribution in [3.63, 3.8) is 0 Å². The van der Waals surface area contributed by atoms with Gasteiger partial charge in [-0.3, -0.25) is 9.63 Å². The Bertz CT molecular complexity index is 789. The molecule has 0 spiro atoms. The Morgan fingerprint density at radius 2 is 2.25 bits per heavy atom. The van der Waals surface area contributed by atoms with Crippen molar-refractivity contribution in [2.45, 2.75) is 26.0 Å². The van der Waals surface area contributed by atoms with E-state index in [-0.39, 0.29) is 0 Å². The molecular weight excluding hydrogens is 346 g/mol. The lowest BCUT2D eigenvalue weighted by molar-refractivity contribution is -0.144. The van der Waals surface area contributed by atoms with Crippen LogP contribution < -0.4 is 11.3 Å². The number of amidine groups is 1. The predicted octanol–water partition coefficient (Wildman–Crippen LogP) is 2.71.